The summed E-state index contributed by atoms with van der Waals surface area (Å²) >= 11 is 1.27. The molecule has 0 unspecified atom stereocenters. The molecule has 1 aromatic heterocycles. The van der Waals surface area contributed by atoms with Crippen molar-refractivity contribution < 1.29 is 23.8 Å². The van der Waals surface area contributed by atoms with Crippen LogP contribution in [-0.4, -0.2) is 36.7 Å². The van der Waals surface area contributed by atoms with Crippen molar-refractivity contribution in [3.8, 4) is 11.5 Å². The molecular formula is C18H14N2O5S. The normalized spacial score (nSPS) is 15.5. The summed E-state index contributed by atoms with van der Waals surface area (Å²) in [6.45, 7) is 0.125. The number of fused-ring (bicyclic) bond motifs is 2. The van der Waals surface area contributed by atoms with E-state index in [4.69, 9.17) is 14.2 Å². The van der Waals surface area contributed by atoms with E-state index in [9.17, 15) is 9.59 Å². The van der Waals surface area contributed by atoms with Crippen LogP contribution in [0.2, 0.25) is 0 Å². The number of nitrogens with one attached hydrogen (secondary N) is 1. The van der Waals surface area contributed by atoms with Gasteiger partial charge in [0.15, 0.2) is 16.6 Å². The number of para-hydroxylation sites is 2. The van der Waals surface area contributed by atoms with Crippen molar-refractivity contribution in [2.24, 2.45) is 0 Å². The quantitative estimate of drug-likeness (QED) is 0.714. The summed E-state index contributed by atoms with van der Waals surface area (Å²) in [6, 6.07) is 12.2. The summed E-state index contributed by atoms with van der Waals surface area (Å²) < 4.78 is 16.7. The number of anilines is 1. The molecule has 7 nitrogen and oxygen atoms in total. The Hall–Kier alpha value is -3.13. The van der Waals surface area contributed by atoms with Gasteiger partial charge < -0.3 is 14.2 Å². The van der Waals surface area contributed by atoms with Gasteiger partial charge in [-0.2, -0.15) is 0 Å². The van der Waals surface area contributed by atoms with Crippen LogP contribution in [-0.2, 0) is 9.53 Å². The van der Waals surface area contributed by atoms with Crippen molar-refractivity contribution in [1.82, 2.24) is 4.98 Å². The first-order valence-corrected chi connectivity index (χ1v) is 8.64. The standard InChI is InChI=1S/C18H14N2O5S/c1-23-17(22)10-6-7-11-15(8-10)26-18(19-11)20-16(21)14-9-24-12-4-2-3-5-13(12)25-14/h2-8,14H,9H2,1H3,(H,19,20,21)/t14-/m1/s1. The monoisotopic (exact) mass is 370 g/mol. The topological polar surface area (TPSA) is 86.8 Å². The number of carbonyl (C=O) groups is 2. The van der Waals surface area contributed by atoms with Gasteiger partial charge in [0.1, 0.15) is 6.61 Å². The number of amides is 1. The van der Waals surface area contributed by atoms with E-state index in [0.29, 0.717) is 27.7 Å². The van der Waals surface area contributed by atoms with E-state index in [1.807, 2.05) is 12.1 Å². The largest absolute Gasteiger partial charge is 0.485 e. The molecule has 1 amide bonds. The Morgan fingerprint density at radius 3 is 2.85 bits per heavy atom. The van der Waals surface area contributed by atoms with Crippen molar-refractivity contribution in [2.75, 3.05) is 19.0 Å². The molecule has 0 aliphatic carbocycles. The fourth-order valence-corrected chi connectivity index (χ4v) is 3.47. The SMILES string of the molecule is COC(=O)c1ccc2nc(NC(=O)[C@H]3COc4ccccc4O3)sc2c1. The zero-order chi connectivity index (χ0) is 18.1. The van der Waals surface area contributed by atoms with Gasteiger partial charge in [0.2, 0.25) is 6.10 Å². The van der Waals surface area contributed by atoms with E-state index in [-0.39, 0.29) is 12.5 Å². The van der Waals surface area contributed by atoms with Crippen LogP contribution in [0.1, 0.15) is 10.4 Å². The fraction of sp³-hybridized carbons (Fsp3) is 0.167. The maximum absolute atomic E-state index is 12.5. The molecular weight excluding hydrogens is 356 g/mol. The number of hydrogen-bond acceptors (Lipinski definition) is 7. The lowest BCUT2D eigenvalue weighted by Crippen LogP contribution is -2.40. The summed E-state index contributed by atoms with van der Waals surface area (Å²) in [5.74, 6) is 0.391. The summed E-state index contributed by atoms with van der Waals surface area (Å²) in [6.07, 6.45) is -0.762. The molecule has 3 aromatic rings. The highest BCUT2D eigenvalue weighted by molar-refractivity contribution is 7.22. The van der Waals surface area contributed by atoms with E-state index in [0.717, 1.165) is 4.70 Å². The van der Waals surface area contributed by atoms with Crippen molar-refractivity contribution in [1.29, 1.82) is 0 Å². The molecule has 132 valence electrons. The minimum Gasteiger partial charge on any atom is -0.485 e. The number of carbonyl (C=O) groups excluding carboxylic acids is 2. The number of esters is 1. The highest BCUT2D eigenvalue weighted by Crippen LogP contribution is 2.32. The minimum absolute atomic E-state index is 0.125. The number of nitrogens with zero attached hydrogens (tertiary/aromatic N) is 1. The molecule has 1 aliphatic heterocycles. The summed E-state index contributed by atoms with van der Waals surface area (Å²) in [4.78, 5) is 28.4. The van der Waals surface area contributed by atoms with E-state index >= 15 is 0 Å². The van der Waals surface area contributed by atoms with Crippen LogP contribution in [0.5, 0.6) is 11.5 Å². The van der Waals surface area contributed by atoms with Crippen LogP contribution < -0.4 is 14.8 Å². The van der Waals surface area contributed by atoms with Crippen molar-refractivity contribution >= 4 is 38.6 Å². The molecule has 4 rings (SSSR count). The molecule has 0 radical (unpaired) electrons. The number of methoxy groups -OCH3 is 1. The third kappa shape index (κ3) is 3.06. The second kappa shape index (κ2) is 6.64. The van der Waals surface area contributed by atoms with Crippen molar-refractivity contribution in [3.63, 3.8) is 0 Å². The molecule has 1 aliphatic rings. The smallest absolute Gasteiger partial charge is 0.337 e. The van der Waals surface area contributed by atoms with Crippen LogP contribution in [0.3, 0.4) is 0 Å². The first-order valence-electron chi connectivity index (χ1n) is 7.82. The average Bonchev–Trinajstić information content (AvgIpc) is 3.08. The third-order valence-corrected chi connectivity index (χ3v) is 4.77. The Morgan fingerprint density at radius 1 is 1.23 bits per heavy atom. The molecule has 0 fully saturated rings. The van der Waals surface area contributed by atoms with E-state index in [2.05, 4.69) is 10.3 Å². The predicted molar refractivity (Wildman–Crippen MR) is 95.9 cm³/mol. The van der Waals surface area contributed by atoms with Gasteiger partial charge in [-0.15, -0.1) is 0 Å². The highest BCUT2D eigenvalue weighted by Gasteiger charge is 2.28. The average molecular weight is 370 g/mol. The Labute approximate surface area is 152 Å². The van der Waals surface area contributed by atoms with Gasteiger partial charge in [0.05, 0.1) is 22.9 Å². The maximum atomic E-state index is 12.5. The number of benzene rings is 2. The molecule has 26 heavy (non-hydrogen) atoms. The Balaban J connectivity index is 1.50. The molecule has 0 bridgehead atoms. The maximum Gasteiger partial charge on any atom is 0.337 e. The molecule has 1 N–H and O–H groups in total. The fourth-order valence-electron chi connectivity index (χ4n) is 2.56. The Morgan fingerprint density at radius 2 is 2.04 bits per heavy atom. The van der Waals surface area contributed by atoms with E-state index < -0.39 is 12.1 Å². The molecule has 0 spiro atoms. The highest BCUT2D eigenvalue weighted by atomic mass is 32.1. The van der Waals surface area contributed by atoms with Crippen LogP contribution in [0, 0.1) is 0 Å². The first-order chi connectivity index (χ1) is 12.6. The van der Waals surface area contributed by atoms with Crippen LogP contribution in [0.4, 0.5) is 5.13 Å². The predicted octanol–water partition coefficient (Wildman–Crippen LogP) is 2.86. The molecule has 2 aromatic carbocycles. The molecule has 0 saturated heterocycles. The van der Waals surface area contributed by atoms with Crippen LogP contribution in [0.15, 0.2) is 42.5 Å². The van der Waals surface area contributed by atoms with Gasteiger partial charge in [0, 0.05) is 0 Å². The lowest BCUT2D eigenvalue weighted by atomic mass is 10.2. The van der Waals surface area contributed by atoms with Gasteiger partial charge >= 0.3 is 5.97 Å². The zero-order valence-corrected chi connectivity index (χ0v) is 14.5. The number of rotatable bonds is 3. The second-order valence-corrected chi connectivity index (χ2v) is 6.58. The van der Waals surface area contributed by atoms with Gasteiger partial charge in [-0.05, 0) is 30.3 Å². The first kappa shape index (κ1) is 16.3. The van der Waals surface area contributed by atoms with Gasteiger partial charge in [-0.3, -0.25) is 10.1 Å². The molecule has 1 atom stereocenters. The number of hydrogen-bond donors (Lipinski definition) is 1. The van der Waals surface area contributed by atoms with Gasteiger partial charge in [-0.1, -0.05) is 23.5 Å². The lowest BCUT2D eigenvalue weighted by molar-refractivity contribution is -0.125. The lowest BCUT2D eigenvalue weighted by Gasteiger charge is -2.25. The summed E-state index contributed by atoms with van der Waals surface area (Å²) in [5.41, 5.74) is 1.12. The minimum atomic E-state index is -0.762. The second-order valence-electron chi connectivity index (χ2n) is 5.55. The summed E-state index contributed by atoms with van der Waals surface area (Å²) in [5, 5.41) is 3.17. The van der Waals surface area contributed by atoms with Crippen molar-refractivity contribution in [3.05, 3.63) is 48.0 Å². The zero-order valence-electron chi connectivity index (χ0n) is 13.7. The molecule has 8 heteroatoms. The number of thiazole rings is 1. The molecule has 2 heterocycles. The molecule has 0 saturated carbocycles. The van der Waals surface area contributed by atoms with Gasteiger partial charge in [0.25, 0.3) is 5.91 Å². The third-order valence-electron chi connectivity index (χ3n) is 3.84. The van der Waals surface area contributed by atoms with Gasteiger partial charge in [-0.25, -0.2) is 9.78 Å². The Kier molecular flexibility index (Phi) is 4.18. The van der Waals surface area contributed by atoms with E-state index in [1.54, 1.807) is 30.3 Å². The van der Waals surface area contributed by atoms with Crippen molar-refractivity contribution in [2.45, 2.75) is 6.10 Å². The number of ether oxygens (including phenoxy) is 3. The van der Waals surface area contributed by atoms with Crippen LogP contribution >= 0.6 is 11.3 Å². The van der Waals surface area contributed by atoms with E-state index in [1.165, 1.54) is 18.4 Å². The Bertz CT molecular complexity index is 1000. The number of aromatic nitrogens is 1. The summed E-state index contributed by atoms with van der Waals surface area (Å²) in [7, 11) is 1.33. The van der Waals surface area contributed by atoms with Crippen LogP contribution in [0.25, 0.3) is 10.2 Å².